The molecule has 0 atom stereocenters. The molecule has 0 bridgehead atoms. The summed E-state index contributed by atoms with van der Waals surface area (Å²) < 4.78 is 0. The third kappa shape index (κ3) is 8.38. The average molecular weight is 290 g/mol. The van der Waals surface area contributed by atoms with Crippen LogP contribution in [0.1, 0.15) is 57.9 Å². The van der Waals surface area contributed by atoms with Crippen LogP contribution in [0.15, 0.2) is 24.3 Å². The smallest absolute Gasteiger partial charge is 0.224 e. The first kappa shape index (κ1) is 17.5. The summed E-state index contributed by atoms with van der Waals surface area (Å²) in [5, 5.41) is 6.26. The van der Waals surface area contributed by atoms with Crippen LogP contribution >= 0.6 is 0 Å². The summed E-state index contributed by atoms with van der Waals surface area (Å²) >= 11 is 0. The number of anilines is 1. The molecule has 3 nitrogen and oxygen atoms in total. The van der Waals surface area contributed by atoms with Crippen molar-refractivity contribution in [3.8, 4) is 0 Å². The van der Waals surface area contributed by atoms with Crippen molar-refractivity contribution in [2.45, 2.75) is 58.8 Å². The number of unbranched alkanes of at least 4 members (excludes halogenated alkanes) is 5. The van der Waals surface area contributed by atoms with Crippen molar-refractivity contribution in [1.29, 1.82) is 0 Å². The molecule has 0 unspecified atom stereocenters. The van der Waals surface area contributed by atoms with Gasteiger partial charge in [0.15, 0.2) is 0 Å². The van der Waals surface area contributed by atoms with E-state index in [4.69, 9.17) is 0 Å². The molecular formula is C18H30N2O. The van der Waals surface area contributed by atoms with Crippen LogP contribution in [0.25, 0.3) is 0 Å². The summed E-state index contributed by atoms with van der Waals surface area (Å²) in [5.74, 6) is 0.0882. The Morgan fingerprint density at radius 2 is 1.62 bits per heavy atom. The minimum absolute atomic E-state index is 0.0882. The number of benzene rings is 1. The van der Waals surface area contributed by atoms with Crippen molar-refractivity contribution >= 4 is 11.6 Å². The topological polar surface area (TPSA) is 41.1 Å². The SMILES string of the molecule is CCCCCCCCNc1ccc(CC(=O)NCC)cc1. The summed E-state index contributed by atoms with van der Waals surface area (Å²) in [5.41, 5.74) is 2.20. The van der Waals surface area contributed by atoms with Crippen LogP contribution in [-0.2, 0) is 11.2 Å². The molecule has 0 radical (unpaired) electrons. The normalized spacial score (nSPS) is 10.4. The van der Waals surface area contributed by atoms with E-state index in [0.29, 0.717) is 13.0 Å². The number of rotatable bonds is 11. The molecule has 1 aromatic rings. The summed E-state index contributed by atoms with van der Waals surface area (Å²) in [7, 11) is 0. The van der Waals surface area contributed by atoms with Gasteiger partial charge in [0, 0.05) is 18.8 Å². The van der Waals surface area contributed by atoms with Gasteiger partial charge >= 0.3 is 0 Å². The van der Waals surface area contributed by atoms with E-state index in [2.05, 4.69) is 29.7 Å². The Hall–Kier alpha value is -1.51. The third-order valence-electron chi connectivity index (χ3n) is 3.55. The largest absolute Gasteiger partial charge is 0.385 e. The Balaban J connectivity index is 2.17. The van der Waals surface area contributed by atoms with Crippen molar-refractivity contribution in [2.75, 3.05) is 18.4 Å². The zero-order chi connectivity index (χ0) is 15.3. The minimum atomic E-state index is 0.0882. The molecule has 2 N–H and O–H groups in total. The minimum Gasteiger partial charge on any atom is -0.385 e. The number of hydrogen-bond donors (Lipinski definition) is 2. The van der Waals surface area contributed by atoms with E-state index in [1.54, 1.807) is 0 Å². The number of hydrogen-bond acceptors (Lipinski definition) is 2. The molecule has 0 aliphatic rings. The highest BCUT2D eigenvalue weighted by Crippen LogP contribution is 2.11. The van der Waals surface area contributed by atoms with Gasteiger partial charge in [-0.1, -0.05) is 51.2 Å². The van der Waals surface area contributed by atoms with Crippen molar-refractivity contribution < 1.29 is 4.79 Å². The molecule has 1 amide bonds. The zero-order valence-electron chi connectivity index (χ0n) is 13.6. The maximum atomic E-state index is 11.5. The Labute approximate surface area is 129 Å². The van der Waals surface area contributed by atoms with E-state index in [0.717, 1.165) is 17.8 Å². The van der Waals surface area contributed by atoms with Crippen LogP contribution < -0.4 is 10.6 Å². The van der Waals surface area contributed by atoms with Crippen LogP contribution in [0, 0.1) is 0 Å². The molecule has 0 saturated carbocycles. The lowest BCUT2D eigenvalue weighted by atomic mass is 10.1. The number of likely N-dealkylation sites (N-methyl/N-ethyl adjacent to an activating group) is 1. The predicted octanol–water partition coefficient (Wildman–Crippen LogP) is 4.14. The Bertz CT molecular complexity index is 387. The van der Waals surface area contributed by atoms with Gasteiger partial charge in [-0.05, 0) is 31.0 Å². The summed E-state index contributed by atoms with van der Waals surface area (Å²) in [6.07, 6.45) is 8.38. The third-order valence-corrected chi connectivity index (χ3v) is 3.55. The van der Waals surface area contributed by atoms with Crippen LogP contribution in [0.2, 0.25) is 0 Å². The van der Waals surface area contributed by atoms with E-state index in [9.17, 15) is 4.79 Å². The van der Waals surface area contributed by atoms with Crippen LogP contribution in [0.5, 0.6) is 0 Å². The van der Waals surface area contributed by atoms with Gasteiger partial charge in [-0.25, -0.2) is 0 Å². The molecule has 0 heterocycles. The monoisotopic (exact) mass is 290 g/mol. The van der Waals surface area contributed by atoms with Crippen LogP contribution in [-0.4, -0.2) is 19.0 Å². The Morgan fingerprint density at radius 1 is 0.952 bits per heavy atom. The fraction of sp³-hybridized carbons (Fsp3) is 0.611. The lowest BCUT2D eigenvalue weighted by molar-refractivity contribution is -0.120. The molecule has 0 aromatic heterocycles. The van der Waals surface area contributed by atoms with Gasteiger partial charge in [0.1, 0.15) is 0 Å². The first-order chi connectivity index (χ1) is 10.3. The highest BCUT2D eigenvalue weighted by molar-refractivity contribution is 5.78. The molecule has 0 spiro atoms. The molecule has 118 valence electrons. The fourth-order valence-electron chi connectivity index (χ4n) is 2.32. The Kier molecular flexibility index (Phi) is 9.34. The van der Waals surface area contributed by atoms with Crippen LogP contribution in [0.4, 0.5) is 5.69 Å². The maximum absolute atomic E-state index is 11.5. The second-order valence-corrected chi connectivity index (χ2v) is 5.52. The quantitative estimate of drug-likeness (QED) is 0.601. The van der Waals surface area contributed by atoms with Gasteiger partial charge in [0.2, 0.25) is 5.91 Å². The van der Waals surface area contributed by atoms with Gasteiger partial charge in [0.25, 0.3) is 0 Å². The van der Waals surface area contributed by atoms with Gasteiger partial charge < -0.3 is 10.6 Å². The second kappa shape index (κ2) is 11.2. The summed E-state index contributed by atoms with van der Waals surface area (Å²) in [6, 6.07) is 8.18. The van der Waals surface area contributed by atoms with E-state index >= 15 is 0 Å². The lowest BCUT2D eigenvalue weighted by Crippen LogP contribution is -2.24. The van der Waals surface area contributed by atoms with Gasteiger partial charge in [-0.3, -0.25) is 4.79 Å². The number of nitrogens with one attached hydrogen (secondary N) is 2. The summed E-state index contributed by atoms with van der Waals surface area (Å²) in [6.45, 7) is 5.91. The van der Waals surface area contributed by atoms with Gasteiger partial charge in [-0.15, -0.1) is 0 Å². The Morgan fingerprint density at radius 3 is 2.29 bits per heavy atom. The molecular weight excluding hydrogens is 260 g/mol. The second-order valence-electron chi connectivity index (χ2n) is 5.52. The molecule has 0 aliphatic carbocycles. The summed E-state index contributed by atoms with van der Waals surface area (Å²) in [4.78, 5) is 11.5. The number of carbonyl (C=O) groups excluding carboxylic acids is 1. The van der Waals surface area contributed by atoms with Crippen molar-refractivity contribution in [3.63, 3.8) is 0 Å². The number of amides is 1. The average Bonchev–Trinajstić information content (AvgIpc) is 2.48. The fourth-order valence-corrected chi connectivity index (χ4v) is 2.32. The van der Waals surface area contributed by atoms with Crippen molar-refractivity contribution in [3.05, 3.63) is 29.8 Å². The molecule has 1 rings (SSSR count). The van der Waals surface area contributed by atoms with E-state index in [1.807, 2.05) is 19.1 Å². The van der Waals surface area contributed by atoms with Crippen molar-refractivity contribution in [2.24, 2.45) is 0 Å². The van der Waals surface area contributed by atoms with E-state index in [-0.39, 0.29) is 5.91 Å². The predicted molar refractivity (Wildman–Crippen MR) is 90.7 cm³/mol. The first-order valence-electron chi connectivity index (χ1n) is 8.35. The zero-order valence-corrected chi connectivity index (χ0v) is 13.6. The van der Waals surface area contributed by atoms with Gasteiger partial charge in [0.05, 0.1) is 6.42 Å². The van der Waals surface area contributed by atoms with E-state index < -0.39 is 0 Å². The van der Waals surface area contributed by atoms with Gasteiger partial charge in [-0.2, -0.15) is 0 Å². The highest BCUT2D eigenvalue weighted by Gasteiger charge is 2.01. The first-order valence-corrected chi connectivity index (χ1v) is 8.35. The standard InChI is InChI=1S/C18H30N2O/c1-3-5-6-7-8-9-14-20-17-12-10-16(11-13-17)15-18(21)19-4-2/h10-13,20H,3-9,14-15H2,1-2H3,(H,19,21). The molecule has 0 saturated heterocycles. The highest BCUT2D eigenvalue weighted by atomic mass is 16.1. The molecule has 3 heteroatoms. The number of carbonyl (C=O) groups is 1. The van der Waals surface area contributed by atoms with E-state index in [1.165, 1.54) is 38.5 Å². The van der Waals surface area contributed by atoms with Crippen molar-refractivity contribution in [1.82, 2.24) is 5.32 Å². The molecule has 21 heavy (non-hydrogen) atoms. The molecule has 1 aromatic carbocycles. The molecule has 0 fully saturated rings. The maximum Gasteiger partial charge on any atom is 0.224 e. The van der Waals surface area contributed by atoms with Crippen LogP contribution in [0.3, 0.4) is 0 Å². The molecule has 0 aliphatic heterocycles. The lowest BCUT2D eigenvalue weighted by Gasteiger charge is -2.08.